The number of aromatic nitrogens is 2. The number of carbonyl (C=O) groups is 1. The number of anilines is 1. The molecule has 2 rings (SSSR count). The molecule has 1 heterocycles. The smallest absolute Gasteiger partial charge is 0.264 e. The Balaban J connectivity index is 1.89. The Labute approximate surface area is 117 Å². The molecule has 8 heteroatoms. The second-order valence-corrected chi connectivity index (χ2v) is 4.83. The van der Waals surface area contributed by atoms with Crippen molar-refractivity contribution in [2.24, 2.45) is 0 Å². The van der Waals surface area contributed by atoms with Gasteiger partial charge in [0.15, 0.2) is 6.61 Å². The second kappa shape index (κ2) is 5.99. The molecule has 0 radical (unpaired) electrons. The lowest BCUT2D eigenvalue weighted by molar-refractivity contribution is -0.118. The number of rotatable bonds is 4. The molecule has 18 heavy (non-hydrogen) atoms. The number of nitrogens with zero attached hydrogens (tertiary/aromatic N) is 2. The van der Waals surface area contributed by atoms with Gasteiger partial charge in [-0.25, -0.2) is 0 Å². The zero-order valence-electron chi connectivity index (χ0n) is 8.89. The van der Waals surface area contributed by atoms with Crippen molar-refractivity contribution in [1.29, 1.82) is 0 Å². The molecule has 1 aromatic carbocycles. The van der Waals surface area contributed by atoms with Crippen molar-refractivity contribution in [1.82, 2.24) is 10.2 Å². The van der Waals surface area contributed by atoms with Crippen LogP contribution in [0.25, 0.3) is 0 Å². The maximum Gasteiger partial charge on any atom is 0.264 e. The molecular weight excluding hydrogens is 297 g/mol. The Morgan fingerprint density at radius 1 is 1.44 bits per heavy atom. The Hall–Kier alpha value is -1.37. The second-order valence-electron chi connectivity index (χ2n) is 3.16. The van der Waals surface area contributed by atoms with Crippen molar-refractivity contribution in [3.05, 3.63) is 33.8 Å². The molecule has 94 valence electrons. The molecule has 5 nitrogen and oxygen atoms in total. The van der Waals surface area contributed by atoms with Gasteiger partial charge >= 0.3 is 0 Å². The molecule has 0 bridgehead atoms. The average Bonchev–Trinajstić information content (AvgIpc) is 2.80. The van der Waals surface area contributed by atoms with Gasteiger partial charge in [-0.15, -0.1) is 10.2 Å². The fraction of sp³-hybridized carbons (Fsp3) is 0.100. The van der Waals surface area contributed by atoms with Crippen LogP contribution in [0.5, 0.6) is 5.75 Å². The maximum absolute atomic E-state index is 11.5. The molecule has 2 aromatic rings. The molecule has 0 saturated heterocycles. The van der Waals surface area contributed by atoms with Crippen LogP contribution in [0.15, 0.2) is 23.7 Å². The quantitative estimate of drug-likeness (QED) is 0.943. The van der Waals surface area contributed by atoms with E-state index < -0.39 is 0 Å². The SMILES string of the molecule is O=C(COc1ccc(Cl)cc1Cl)Nc1nncs1. The normalized spacial score (nSPS) is 10.1. The third-order valence-electron chi connectivity index (χ3n) is 1.86. The molecule has 0 atom stereocenters. The molecule has 0 saturated carbocycles. The molecule has 0 unspecified atom stereocenters. The molecule has 1 N–H and O–H groups in total. The summed E-state index contributed by atoms with van der Waals surface area (Å²) in [5.74, 6) is 0.0613. The van der Waals surface area contributed by atoms with E-state index in [1.165, 1.54) is 16.8 Å². The fourth-order valence-corrected chi connectivity index (χ4v) is 2.04. The zero-order valence-corrected chi connectivity index (χ0v) is 11.2. The number of hydrogen-bond donors (Lipinski definition) is 1. The number of amides is 1. The lowest BCUT2D eigenvalue weighted by Gasteiger charge is -2.07. The summed E-state index contributed by atoms with van der Waals surface area (Å²) in [6, 6.07) is 4.77. The van der Waals surface area contributed by atoms with Crippen molar-refractivity contribution in [2.45, 2.75) is 0 Å². The topological polar surface area (TPSA) is 64.1 Å². The van der Waals surface area contributed by atoms with Crippen LogP contribution in [0.1, 0.15) is 0 Å². The summed E-state index contributed by atoms with van der Waals surface area (Å²) in [5, 5.41) is 11.1. The van der Waals surface area contributed by atoms with E-state index in [1.54, 1.807) is 18.2 Å². The minimum absolute atomic E-state index is 0.166. The number of hydrogen-bond acceptors (Lipinski definition) is 5. The van der Waals surface area contributed by atoms with Crippen molar-refractivity contribution < 1.29 is 9.53 Å². The monoisotopic (exact) mass is 303 g/mol. The summed E-state index contributed by atoms with van der Waals surface area (Å²) in [6.45, 7) is -0.166. The highest BCUT2D eigenvalue weighted by molar-refractivity contribution is 7.13. The van der Waals surface area contributed by atoms with Gasteiger partial charge in [0.1, 0.15) is 11.3 Å². The molecular formula is C10H7Cl2N3O2S. The predicted octanol–water partition coefficient (Wildman–Crippen LogP) is 2.86. The van der Waals surface area contributed by atoms with Crippen LogP contribution >= 0.6 is 34.5 Å². The predicted molar refractivity (Wildman–Crippen MR) is 70.5 cm³/mol. The van der Waals surface area contributed by atoms with Crippen LogP contribution < -0.4 is 10.1 Å². The summed E-state index contributed by atoms with van der Waals surface area (Å²) in [6.07, 6.45) is 0. The van der Waals surface area contributed by atoms with Crippen molar-refractivity contribution in [3.8, 4) is 5.75 Å². The highest BCUT2D eigenvalue weighted by Crippen LogP contribution is 2.27. The number of halogens is 2. The van der Waals surface area contributed by atoms with E-state index in [9.17, 15) is 4.79 Å². The maximum atomic E-state index is 11.5. The van der Waals surface area contributed by atoms with E-state index in [0.717, 1.165) is 0 Å². The van der Waals surface area contributed by atoms with Gasteiger partial charge < -0.3 is 4.74 Å². The number of benzene rings is 1. The van der Waals surface area contributed by atoms with Crippen molar-refractivity contribution in [3.63, 3.8) is 0 Å². The summed E-state index contributed by atoms with van der Waals surface area (Å²) < 4.78 is 5.26. The standard InChI is InChI=1S/C10H7Cl2N3O2S/c11-6-1-2-8(7(12)3-6)17-4-9(16)14-10-15-13-5-18-10/h1-3,5H,4H2,(H,14,15,16). The van der Waals surface area contributed by atoms with Crippen LogP contribution in [-0.2, 0) is 4.79 Å². The Morgan fingerprint density at radius 3 is 2.94 bits per heavy atom. The fourth-order valence-electron chi connectivity index (χ4n) is 1.12. The van der Waals surface area contributed by atoms with Gasteiger partial charge in [-0.2, -0.15) is 0 Å². The van der Waals surface area contributed by atoms with Gasteiger partial charge in [0.05, 0.1) is 5.02 Å². The van der Waals surface area contributed by atoms with Gasteiger partial charge in [0.2, 0.25) is 5.13 Å². The van der Waals surface area contributed by atoms with Gasteiger partial charge in [0.25, 0.3) is 5.91 Å². The van der Waals surface area contributed by atoms with E-state index in [4.69, 9.17) is 27.9 Å². The first kappa shape index (κ1) is 13.1. The van der Waals surface area contributed by atoms with E-state index in [0.29, 0.717) is 20.9 Å². The van der Waals surface area contributed by atoms with Gasteiger partial charge in [-0.3, -0.25) is 10.1 Å². The molecule has 0 aliphatic carbocycles. The first-order valence-corrected chi connectivity index (χ1v) is 6.42. The van der Waals surface area contributed by atoms with Crippen molar-refractivity contribution in [2.75, 3.05) is 11.9 Å². The summed E-state index contributed by atoms with van der Waals surface area (Å²) >= 11 is 12.9. The summed E-state index contributed by atoms with van der Waals surface area (Å²) in [4.78, 5) is 11.5. The molecule has 0 spiro atoms. The average molecular weight is 304 g/mol. The van der Waals surface area contributed by atoms with Crippen molar-refractivity contribution >= 4 is 45.6 Å². The molecule has 1 amide bonds. The third kappa shape index (κ3) is 3.56. The number of carbonyl (C=O) groups excluding carboxylic acids is 1. The van der Waals surface area contributed by atoms with E-state index in [-0.39, 0.29) is 12.5 Å². The first-order chi connectivity index (χ1) is 8.65. The molecule has 0 fully saturated rings. The molecule has 0 aliphatic rings. The van der Waals surface area contributed by atoms with E-state index in [2.05, 4.69) is 15.5 Å². The van der Waals surface area contributed by atoms with Gasteiger partial charge in [0, 0.05) is 5.02 Å². The highest BCUT2D eigenvalue weighted by Gasteiger charge is 2.08. The first-order valence-electron chi connectivity index (χ1n) is 4.79. The largest absolute Gasteiger partial charge is 0.482 e. The van der Waals surface area contributed by atoms with Crippen LogP contribution in [-0.4, -0.2) is 22.7 Å². The molecule has 1 aromatic heterocycles. The summed E-state index contributed by atoms with van der Waals surface area (Å²) in [5.41, 5.74) is 1.52. The Kier molecular flexibility index (Phi) is 4.35. The summed E-state index contributed by atoms with van der Waals surface area (Å²) in [7, 11) is 0. The molecule has 0 aliphatic heterocycles. The Morgan fingerprint density at radius 2 is 2.28 bits per heavy atom. The van der Waals surface area contributed by atoms with Crippen LogP contribution in [0.3, 0.4) is 0 Å². The van der Waals surface area contributed by atoms with Crippen LogP contribution in [0.4, 0.5) is 5.13 Å². The van der Waals surface area contributed by atoms with Crippen LogP contribution in [0.2, 0.25) is 10.0 Å². The number of ether oxygens (including phenoxy) is 1. The van der Waals surface area contributed by atoms with E-state index >= 15 is 0 Å². The zero-order chi connectivity index (χ0) is 13.0. The highest BCUT2D eigenvalue weighted by atomic mass is 35.5. The minimum atomic E-state index is -0.335. The number of nitrogens with one attached hydrogen (secondary N) is 1. The van der Waals surface area contributed by atoms with Gasteiger partial charge in [-0.1, -0.05) is 34.5 Å². The lowest BCUT2D eigenvalue weighted by atomic mass is 10.3. The minimum Gasteiger partial charge on any atom is -0.482 e. The van der Waals surface area contributed by atoms with Crippen LogP contribution in [0, 0.1) is 0 Å². The Bertz CT molecular complexity index is 548. The third-order valence-corrected chi connectivity index (χ3v) is 3.00. The van der Waals surface area contributed by atoms with E-state index in [1.807, 2.05) is 0 Å². The van der Waals surface area contributed by atoms with Gasteiger partial charge in [-0.05, 0) is 18.2 Å². The lowest BCUT2D eigenvalue weighted by Crippen LogP contribution is -2.20.